The Labute approximate surface area is 252 Å². The van der Waals surface area contributed by atoms with Gasteiger partial charge in [0.25, 0.3) is 0 Å². The zero-order valence-electron chi connectivity index (χ0n) is 24.9. The standard InChI is InChI=1S/C29H46N6O6S/c1-35(2)16-6-8-22(34-27(39)19-42-3)7-4-5-15-32-26(38)18-21(29(40)41)17-24(36)13-14-25(37)33-23-11-9-20(10-12-23)28(30)31/h9-12,21-22H,4-8,13-19H2,1-3H3,(H3,30,31)(H,32,38)(H,33,37)(H,34,39)(H,40,41). The maximum Gasteiger partial charge on any atom is 0.307 e. The molecule has 0 saturated carbocycles. The molecule has 0 aliphatic carbocycles. The molecule has 1 rings (SSSR count). The lowest BCUT2D eigenvalue weighted by Gasteiger charge is -2.20. The summed E-state index contributed by atoms with van der Waals surface area (Å²) in [5.41, 5.74) is 6.40. The van der Waals surface area contributed by atoms with Gasteiger partial charge in [-0.05, 0) is 83.3 Å². The van der Waals surface area contributed by atoms with E-state index in [1.54, 1.807) is 24.3 Å². The number of hydrogen-bond donors (Lipinski definition) is 6. The van der Waals surface area contributed by atoms with Crippen LogP contribution >= 0.6 is 11.8 Å². The molecule has 0 saturated heterocycles. The summed E-state index contributed by atoms with van der Waals surface area (Å²) < 4.78 is 0. The first-order valence-electron chi connectivity index (χ1n) is 14.1. The van der Waals surface area contributed by atoms with Crippen LogP contribution in [0.2, 0.25) is 0 Å². The van der Waals surface area contributed by atoms with E-state index in [-0.39, 0.29) is 43.5 Å². The number of carbonyl (C=O) groups excluding carboxylic acids is 4. The van der Waals surface area contributed by atoms with E-state index in [0.29, 0.717) is 30.0 Å². The number of thioether (sulfide) groups is 1. The summed E-state index contributed by atoms with van der Waals surface area (Å²) in [4.78, 5) is 62.7. The molecule has 1 aromatic carbocycles. The Hall–Kier alpha value is -3.45. The van der Waals surface area contributed by atoms with Crippen molar-refractivity contribution >= 4 is 52.8 Å². The molecular weight excluding hydrogens is 560 g/mol. The van der Waals surface area contributed by atoms with Crippen LogP contribution in [0.3, 0.4) is 0 Å². The predicted molar refractivity (Wildman–Crippen MR) is 166 cm³/mol. The number of hydrogen-bond acceptors (Lipinski definition) is 8. The Bertz CT molecular complexity index is 1050. The number of nitrogen functional groups attached to an aromatic ring is 1. The summed E-state index contributed by atoms with van der Waals surface area (Å²) >= 11 is 1.47. The number of Topliss-reactive ketones (excluding diaryl/α,β-unsaturated/α-hetero) is 1. The maximum atomic E-state index is 12.4. The third-order valence-electron chi connectivity index (χ3n) is 6.47. The number of anilines is 1. The third-order valence-corrected chi connectivity index (χ3v) is 7.02. The molecule has 1 aromatic rings. The minimum Gasteiger partial charge on any atom is -0.481 e. The van der Waals surface area contributed by atoms with Gasteiger partial charge >= 0.3 is 5.97 Å². The second kappa shape index (κ2) is 20.4. The Morgan fingerprint density at radius 3 is 2.21 bits per heavy atom. The van der Waals surface area contributed by atoms with E-state index in [1.807, 2.05) is 20.4 Å². The molecule has 2 atom stereocenters. The Kier molecular flexibility index (Phi) is 17.8. The van der Waals surface area contributed by atoms with Crippen molar-refractivity contribution in [3.63, 3.8) is 0 Å². The van der Waals surface area contributed by atoms with Gasteiger partial charge in [0.1, 0.15) is 11.6 Å². The molecule has 2 unspecified atom stereocenters. The first-order chi connectivity index (χ1) is 19.9. The molecule has 0 aliphatic rings. The van der Waals surface area contributed by atoms with E-state index < -0.39 is 29.5 Å². The van der Waals surface area contributed by atoms with Crippen molar-refractivity contribution in [2.24, 2.45) is 11.7 Å². The van der Waals surface area contributed by atoms with Gasteiger partial charge in [-0.1, -0.05) is 0 Å². The minimum absolute atomic E-state index is 0.0148. The normalized spacial score (nSPS) is 12.3. The average Bonchev–Trinajstić information content (AvgIpc) is 2.91. The van der Waals surface area contributed by atoms with E-state index in [9.17, 15) is 29.1 Å². The Morgan fingerprint density at radius 2 is 1.62 bits per heavy atom. The smallest absolute Gasteiger partial charge is 0.307 e. The summed E-state index contributed by atoms with van der Waals surface area (Å²) in [5.74, 6) is -3.35. The van der Waals surface area contributed by atoms with Gasteiger partial charge < -0.3 is 31.7 Å². The zero-order chi connectivity index (χ0) is 31.5. The summed E-state index contributed by atoms with van der Waals surface area (Å²) in [6.07, 6.45) is 5.03. The molecule has 7 N–H and O–H groups in total. The highest BCUT2D eigenvalue weighted by Gasteiger charge is 2.24. The average molecular weight is 607 g/mol. The van der Waals surface area contributed by atoms with E-state index in [2.05, 4.69) is 20.9 Å². The molecule has 3 amide bonds. The number of aliphatic carboxylic acids is 1. The number of nitrogens with one attached hydrogen (secondary N) is 4. The molecule has 0 spiro atoms. The lowest BCUT2D eigenvalue weighted by molar-refractivity contribution is -0.145. The van der Waals surface area contributed by atoms with Gasteiger partial charge in [-0.2, -0.15) is 11.8 Å². The molecule has 13 heteroatoms. The van der Waals surface area contributed by atoms with Crippen LogP contribution in [0.15, 0.2) is 24.3 Å². The fourth-order valence-electron chi connectivity index (χ4n) is 4.22. The second-order valence-corrected chi connectivity index (χ2v) is 11.4. The fourth-order valence-corrected chi connectivity index (χ4v) is 4.56. The third kappa shape index (κ3) is 16.7. The van der Waals surface area contributed by atoms with Crippen LogP contribution < -0.4 is 21.7 Å². The van der Waals surface area contributed by atoms with Gasteiger partial charge in [0.05, 0.1) is 11.7 Å². The van der Waals surface area contributed by atoms with Crippen molar-refractivity contribution in [2.45, 2.75) is 63.8 Å². The number of carboxylic acid groups (broad SMARTS) is 1. The number of unbranched alkanes of at least 4 members (excludes halogenated alkanes) is 1. The fraction of sp³-hybridized carbons (Fsp3) is 0.586. The molecule has 234 valence electrons. The highest BCUT2D eigenvalue weighted by molar-refractivity contribution is 7.99. The SMILES string of the molecule is CSCC(=O)NC(CCCCNC(=O)CC(CC(=O)CCC(=O)Nc1ccc(C(=N)N)cc1)C(=O)O)CCCN(C)C. The van der Waals surface area contributed by atoms with Crippen molar-refractivity contribution in [1.82, 2.24) is 15.5 Å². The van der Waals surface area contributed by atoms with Crippen LogP contribution in [-0.4, -0.2) is 90.6 Å². The van der Waals surface area contributed by atoms with Crippen LogP contribution in [0.5, 0.6) is 0 Å². The molecule has 0 fully saturated rings. The number of carbonyl (C=O) groups is 5. The molecule has 0 heterocycles. The quantitative estimate of drug-likeness (QED) is 0.0652. The lowest BCUT2D eigenvalue weighted by Crippen LogP contribution is -2.36. The van der Waals surface area contributed by atoms with E-state index in [4.69, 9.17) is 11.1 Å². The highest BCUT2D eigenvalue weighted by Crippen LogP contribution is 2.14. The highest BCUT2D eigenvalue weighted by atomic mass is 32.2. The zero-order valence-corrected chi connectivity index (χ0v) is 25.7. The first-order valence-corrected chi connectivity index (χ1v) is 15.5. The van der Waals surface area contributed by atoms with Gasteiger partial charge in [0.15, 0.2) is 0 Å². The minimum atomic E-state index is -1.24. The summed E-state index contributed by atoms with van der Waals surface area (Å²) in [7, 11) is 4.02. The van der Waals surface area contributed by atoms with E-state index in [0.717, 1.165) is 32.2 Å². The van der Waals surface area contributed by atoms with Crippen molar-refractivity contribution < 1.29 is 29.1 Å². The summed E-state index contributed by atoms with van der Waals surface area (Å²) in [5, 5.41) is 25.3. The number of benzene rings is 1. The van der Waals surface area contributed by atoms with Gasteiger partial charge in [-0.25, -0.2) is 0 Å². The Balaban J connectivity index is 2.39. The van der Waals surface area contributed by atoms with E-state index in [1.165, 1.54) is 11.8 Å². The number of rotatable bonds is 22. The van der Waals surface area contributed by atoms with Crippen molar-refractivity contribution in [2.75, 3.05) is 44.5 Å². The number of amides is 3. The van der Waals surface area contributed by atoms with Crippen LogP contribution in [0.4, 0.5) is 5.69 Å². The van der Waals surface area contributed by atoms with Crippen molar-refractivity contribution in [1.29, 1.82) is 5.41 Å². The van der Waals surface area contributed by atoms with Crippen LogP contribution in [0, 0.1) is 11.3 Å². The van der Waals surface area contributed by atoms with Crippen molar-refractivity contribution in [3.05, 3.63) is 29.8 Å². The predicted octanol–water partition coefficient (Wildman–Crippen LogP) is 2.22. The maximum absolute atomic E-state index is 12.4. The second-order valence-electron chi connectivity index (χ2n) is 10.5. The van der Waals surface area contributed by atoms with Crippen molar-refractivity contribution in [3.8, 4) is 0 Å². The van der Waals surface area contributed by atoms with Gasteiger partial charge in [0, 0.05) is 49.5 Å². The molecular formula is C29H46N6O6S. The molecule has 0 aromatic heterocycles. The number of nitrogens with two attached hydrogens (primary N) is 1. The number of ketones is 1. The number of nitrogens with zero attached hydrogens (tertiary/aromatic N) is 1. The molecule has 0 aliphatic heterocycles. The molecule has 0 radical (unpaired) electrons. The lowest BCUT2D eigenvalue weighted by atomic mass is 9.96. The van der Waals surface area contributed by atoms with Crippen LogP contribution in [0.25, 0.3) is 0 Å². The van der Waals surface area contributed by atoms with Crippen LogP contribution in [-0.2, 0) is 24.0 Å². The number of amidine groups is 1. The van der Waals surface area contributed by atoms with Gasteiger partial charge in [0.2, 0.25) is 17.7 Å². The number of carboxylic acids is 1. The van der Waals surface area contributed by atoms with Gasteiger partial charge in [-0.3, -0.25) is 29.4 Å². The Morgan fingerprint density at radius 1 is 0.952 bits per heavy atom. The molecule has 0 bridgehead atoms. The molecule has 12 nitrogen and oxygen atoms in total. The van der Waals surface area contributed by atoms with E-state index >= 15 is 0 Å². The summed E-state index contributed by atoms with van der Waals surface area (Å²) in [6.45, 7) is 1.30. The first kappa shape index (κ1) is 36.6. The summed E-state index contributed by atoms with van der Waals surface area (Å²) in [6, 6.07) is 6.42. The topological polar surface area (TPSA) is 195 Å². The van der Waals surface area contributed by atoms with Crippen LogP contribution in [0.1, 0.15) is 63.4 Å². The monoisotopic (exact) mass is 606 g/mol. The van der Waals surface area contributed by atoms with Gasteiger partial charge in [-0.15, -0.1) is 0 Å². The largest absolute Gasteiger partial charge is 0.481 e. The molecule has 42 heavy (non-hydrogen) atoms.